The van der Waals surface area contributed by atoms with Gasteiger partial charge in [-0.3, -0.25) is 9.36 Å². The van der Waals surface area contributed by atoms with E-state index in [9.17, 15) is 4.79 Å². The quantitative estimate of drug-likeness (QED) is 0.233. The monoisotopic (exact) mass is 583 g/mol. The fourth-order valence-corrected chi connectivity index (χ4v) is 6.68. The van der Waals surface area contributed by atoms with Gasteiger partial charge >= 0.3 is 0 Å². The van der Waals surface area contributed by atoms with Crippen LogP contribution in [0.2, 0.25) is 36.3 Å². The van der Waals surface area contributed by atoms with Crippen molar-refractivity contribution in [1.29, 1.82) is 0 Å². The van der Waals surface area contributed by atoms with E-state index in [1.807, 2.05) is 16.7 Å². The van der Waals surface area contributed by atoms with E-state index in [1.54, 1.807) is 18.5 Å². The van der Waals surface area contributed by atoms with Gasteiger partial charge in [-0.1, -0.05) is 59.7 Å². The van der Waals surface area contributed by atoms with E-state index in [2.05, 4.69) is 82.7 Å². The van der Waals surface area contributed by atoms with Crippen molar-refractivity contribution in [2.75, 3.05) is 12.3 Å². The van der Waals surface area contributed by atoms with Gasteiger partial charge in [0.05, 0.1) is 19.0 Å². The van der Waals surface area contributed by atoms with E-state index in [0.29, 0.717) is 35.4 Å². The zero-order chi connectivity index (χ0) is 29.7. The Labute approximate surface area is 240 Å². The highest BCUT2D eigenvalue weighted by atomic mass is 28.4. The number of aldehydes is 1. The van der Waals surface area contributed by atoms with E-state index in [4.69, 9.17) is 19.3 Å². The molecule has 1 aliphatic rings. The fourth-order valence-electron chi connectivity index (χ4n) is 4.31. The van der Waals surface area contributed by atoms with Crippen molar-refractivity contribution in [3.05, 3.63) is 36.2 Å². The topological polar surface area (TPSA) is 114 Å². The lowest BCUT2D eigenvalue weighted by Crippen LogP contribution is -2.48. The van der Waals surface area contributed by atoms with E-state index in [0.717, 1.165) is 11.8 Å². The molecule has 0 amide bonds. The summed E-state index contributed by atoms with van der Waals surface area (Å²) in [5.41, 5.74) is 9.24. The van der Waals surface area contributed by atoms with Crippen molar-refractivity contribution in [2.45, 2.75) is 103 Å². The average Bonchev–Trinajstić information content (AvgIpc) is 3.44. The molecular formula is C29H45N5O4Si2. The smallest absolute Gasteiger partial charge is 0.222 e. The Morgan fingerprint density at radius 2 is 1.75 bits per heavy atom. The number of ether oxygens (including phenoxy) is 1. The highest BCUT2D eigenvalue weighted by Gasteiger charge is 2.47. The summed E-state index contributed by atoms with van der Waals surface area (Å²) < 4.78 is 22.2. The maximum Gasteiger partial charge on any atom is 0.222 e. The molecule has 9 nitrogen and oxygen atoms in total. The van der Waals surface area contributed by atoms with Gasteiger partial charge in [-0.05, 0) is 42.3 Å². The maximum absolute atomic E-state index is 11.4. The standard InChI is InChI=1S/C29H45N5O4Si2/c1-28(2,3)39(7,8)36-17-22-21(38-40(9,10)29(4,5)6)15-23(37-22)34-18-31-25-24(32-27(30)33-26(25)34)20-13-11-12-19(14-20)16-35/h11-14,16,18,21-23H,15,17H2,1-10H3,(H2,30,32,33)/t21-,22+,23+/m0/s1. The molecule has 1 fully saturated rings. The Balaban J connectivity index is 1.69. The van der Waals surface area contributed by atoms with Gasteiger partial charge in [-0.15, -0.1) is 0 Å². The zero-order valence-electron chi connectivity index (χ0n) is 25.6. The maximum atomic E-state index is 11.4. The van der Waals surface area contributed by atoms with Crippen molar-refractivity contribution in [1.82, 2.24) is 19.5 Å². The molecule has 2 N–H and O–H groups in total. The molecule has 3 heterocycles. The summed E-state index contributed by atoms with van der Waals surface area (Å²) >= 11 is 0. The number of rotatable bonds is 8. The number of hydrogen-bond acceptors (Lipinski definition) is 8. The second kappa shape index (κ2) is 10.8. The van der Waals surface area contributed by atoms with Gasteiger partial charge < -0.3 is 19.3 Å². The molecule has 0 aliphatic carbocycles. The third kappa shape index (κ3) is 6.08. The normalized spacial score (nSPS) is 20.8. The Hall–Kier alpha value is -2.45. The van der Waals surface area contributed by atoms with Crippen LogP contribution in [-0.4, -0.2) is 61.3 Å². The number of nitrogen functional groups attached to an aromatic ring is 1. The predicted molar refractivity (Wildman–Crippen MR) is 164 cm³/mol. The van der Waals surface area contributed by atoms with Gasteiger partial charge in [0, 0.05) is 17.5 Å². The summed E-state index contributed by atoms with van der Waals surface area (Å²) in [6.45, 7) is 23.0. The van der Waals surface area contributed by atoms with Gasteiger partial charge in [0.25, 0.3) is 0 Å². The molecule has 1 saturated heterocycles. The minimum atomic E-state index is -2.09. The largest absolute Gasteiger partial charge is 0.414 e. The Kier molecular flexibility index (Phi) is 8.20. The van der Waals surface area contributed by atoms with Crippen LogP contribution in [0.1, 0.15) is 64.5 Å². The van der Waals surface area contributed by atoms with Crippen LogP contribution in [0.5, 0.6) is 0 Å². The lowest BCUT2D eigenvalue weighted by molar-refractivity contribution is -0.0383. The van der Waals surface area contributed by atoms with E-state index in [-0.39, 0.29) is 34.5 Å². The van der Waals surface area contributed by atoms with Gasteiger partial charge in [-0.25, -0.2) is 9.97 Å². The van der Waals surface area contributed by atoms with E-state index >= 15 is 0 Å². The van der Waals surface area contributed by atoms with Gasteiger partial charge in [0.2, 0.25) is 5.95 Å². The Morgan fingerprint density at radius 3 is 2.38 bits per heavy atom. The number of nitrogens with zero attached hydrogens (tertiary/aromatic N) is 4. The zero-order valence-corrected chi connectivity index (χ0v) is 27.6. The molecule has 11 heteroatoms. The molecule has 1 aliphatic heterocycles. The van der Waals surface area contributed by atoms with Crippen LogP contribution in [0.25, 0.3) is 22.4 Å². The molecule has 3 atom stereocenters. The molecule has 3 aromatic rings. The number of aromatic nitrogens is 4. The van der Waals surface area contributed by atoms with Gasteiger partial charge in [0.1, 0.15) is 29.8 Å². The Bertz CT molecular complexity index is 1380. The molecule has 2 aromatic heterocycles. The molecule has 0 spiro atoms. The highest BCUT2D eigenvalue weighted by molar-refractivity contribution is 6.74. The first kappa shape index (κ1) is 30.5. The summed E-state index contributed by atoms with van der Waals surface area (Å²) in [6.07, 6.45) is 2.48. The number of nitrogens with two attached hydrogens (primary N) is 1. The third-order valence-corrected chi connectivity index (χ3v) is 17.9. The summed E-state index contributed by atoms with van der Waals surface area (Å²) in [5.74, 6) is 0.130. The van der Waals surface area contributed by atoms with Crippen LogP contribution in [0.15, 0.2) is 30.6 Å². The van der Waals surface area contributed by atoms with Gasteiger partial charge in [-0.2, -0.15) is 4.98 Å². The van der Waals surface area contributed by atoms with Gasteiger partial charge in [0.15, 0.2) is 22.3 Å². The minimum absolute atomic E-state index is 0.0598. The van der Waals surface area contributed by atoms with Crippen LogP contribution < -0.4 is 5.73 Å². The lowest BCUT2D eigenvalue weighted by Gasteiger charge is -2.40. The van der Waals surface area contributed by atoms with Crippen LogP contribution in [0.4, 0.5) is 5.95 Å². The number of carbonyl (C=O) groups is 1. The molecule has 218 valence electrons. The molecule has 4 rings (SSSR count). The molecule has 40 heavy (non-hydrogen) atoms. The van der Waals surface area contributed by atoms with Crippen molar-refractivity contribution < 1.29 is 18.4 Å². The second-order valence-electron chi connectivity index (χ2n) is 13.9. The molecule has 0 bridgehead atoms. The number of fused-ring (bicyclic) bond motifs is 1. The minimum Gasteiger partial charge on any atom is -0.414 e. The molecule has 0 unspecified atom stereocenters. The summed E-state index contributed by atoms with van der Waals surface area (Å²) in [5, 5.41) is 0.150. The van der Waals surface area contributed by atoms with Crippen LogP contribution in [0, 0.1) is 0 Å². The van der Waals surface area contributed by atoms with Crippen molar-refractivity contribution in [2.24, 2.45) is 0 Å². The first-order valence-corrected chi connectivity index (χ1v) is 19.8. The average molecular weight is 584 g/mol. The third-order valence-electron chi connectivity index (χ3n) is 8.89. The Morgan fingerprint density at radius 1 is 1.07 bits per heavy atom. The summed E-state index contributed by atoms with van der Waals surface area (Å²) in [7, 11) is -4.08. The molecular weight excluding hydrogens is 539 g/mol. The van der Waals surface area contributed by atoms with Crippen LogP contribution >= 0.6 is 0 Å². The second-order valence-corrected chi connectivity index (χ2v) is 23.4. The highest BCUT2D eigenvalue weighted by Crippen LogP contribution is 2.43. The molecule has 0 radical (unpaired) electrons. The first-order valence-electron chi connectivity index (χ1n) is 14.0. The molecule has 1 aromatic carbocycles. The number of hydrogen-bond donors (Lipinski definition) is 1. The molecule has 0 saturated carbocycles. The summed E-state index contributed by atoms with van der Waals surface area (Å²) in [4.78, 5) is 25.1. The number of carbonyl (C=O) groups excluding carboxylic acids is 1. The lowest BCUT2D eigenvalue weighted by atomic mass is 10.1. The number of imidazole rings is 1. The van der Waals surface area contributed by atoms with E-state index in [1.165, 1.54) is 0 Å². The fraction of sp³-hybridized carbons (Fsp3) is 0.586. The van der Waals surface area contributed by atoms with Crippen LogP contribution in [0.3, 0.4) is 0 Å². The van der Waals surface area contributed by atoms with Crippen molar-refractivity contribution in [3.8, 4) is 11.3 Å². The van der Waals surface area contributed by atoms with Crippen LogP contribution in [-0.2, 0) is 13.6 Å². The van der Waals surface area contributed by atoms with Crippen molar-refractivity contribution in [3.63, 3.8) is 0 Å². The number of benzene rings is 1. The SMILES string of the molecule is CC(C)(C)[Si](C)(C)OC[C@H]1O[C@@H](n2cnc3c(-c4cccc(C=O)c4)nc(N)nc32)C[C@@H]1O[Si](C)(C)C(C)(C)C. The summed E-state index contributed by atoms with van der Waals surface area (Å²) in [6, 6.07) is 7.22. The predicted octanol–water partition coefficient (Wildman–Crippen LogP) is 6.59. The van der Waals surface area contributed by atoms with Crippen molar-refractivity contribution >= 4 is 40.0 Å². The first-order chi connectivity index (χ1) is 18.4. The number of anilines is 1. The van der Waals surface area contributed by atoms with E-state index < -0.39 is 16.6 Å².